The van der Waals surface area contributed by atoms with Crippen LogP contribution in [0.15, 0.2) is 12.1 Å². The Morgan fingerprint density at radius 3 is 3.00 bits per heavy atom. The maximum absolute atomic E-state index is 10.9. The van der Waals surface area contributed by atoms with Crippen molar-refractivity contribution in [2.45, 2.75) is 25.9 Å². The van der Waals surface area contributed by atoms with Crippen LogP contribution >= 0.6 is 0 Å². The van der Waals surface area contributed by atoms with Gasteiger partial charge in [0.05, 0.1) is 18.8 Å². The summed E-state index contributed by atoms with van der Waals surface area (Å²) in [6, 6.07) is 3.83. The van der Waals surface area contributed by atoms with Crippen molar-refractivity contribution in [1.29, 1.82) is 0 Å². The summed E-state index contributed by atoms with van der Waals surface area (Å²) in [7, 11) is 0. The van der Waals surface area contributed by atoms with Crippen molar-refractivity contribution in [2.24, 2.45) is 0 Å². The summed E-state index contributed by atoms with van der Waals surface area (Å²) in [5.74, 6) is -0.223. The third-order valence-corrected chi connectivity index (χ3v) is 2.88. The molecular weight excluding hydrogens is 234 g/mol. The van der Waals surface area contributed by atoms with Crippen LogP contribution in [0, 0.1) is 0 Å². The average Bonchev–Trinajstić information content (AvgIpc) is 2.40. The second-order valence-corrected chi connectivity index (χ2v) is 4.28. The standard InChI is InChI=1S/C12H17N3O3/c1-2-3-9-4-5-11(14-13-9)15-6-7-18-10(8-15)12(16)17/h4-5,10H,2-3,6-8H2,1H3,(H,16,17). The highest BCUT2D eigenvalue weighted by Crippen LogP contribution is 2.15. The molecule has 1 aromatic heterocycles. The molecule has 1 aliphatic rings. The van der Waals surface area contributed by atoms with E-state index in [-0.39, 0.29) is 0 Å². The first kappa shape index (κ1) is 12.8. The molecule has 18 heavy (non-hydrogen) atoms. The summed E-state index contributed by atoms with van der Waals surface area (Å²) in [6.07, 6.45) is 1.16. The minimum absolute atomic E-state index is 0.317. The van der Waals surface area contributed by atoms with E-state index in [0.717, 1.165) is 18.5 Å². The number of rotatable bonds is 4. The fourth-order valence-electron chi connectivity index (χ4n) is 1.92. The summed E-state index contributed by atoms with van der Waals surface area (Å²) >= 11 is 0. The molecule has 1 unspecified atom stereocenters. The molecule has 0 amide bonds. The van der Waals surface area contributed by atoms with Gasteiger partial charge >= 0.3 is 5.97 Å². The molecular formula is C12H17N3O3. The predicted octanol–water partition coefficient (Wildman–Crippen LogP) is 0.719. The summed E-state index contributed by atoms with van der Waals surface area (Å²) < 4.78 is 5.16. The van der Waals surface area contributed by atoms with Crippen LogP contribution in [0.5, 0.6) is 0 Å². The maximum Gasteiger partial charge on any atom is 0.334 e. The number of hydrogen-bond acceptors (Lipinski definition) is 5. The third-order valence-electron chi connectivity index (χ3n) is 2.88. The minimum Gasteiger partial charge on any atom is -0.479 e. The Hall–Kier alpha value is -1.69. The number of aryl methyl sites for hydroxylation is 1. The van der Waals surface area contributed by atoms with Crippen LogP contribution in [-0.2, 0) is 16.0 Å². The van der Waals surface area contributed by atoms with Crippen LogP contribution in [0.25, 0.3) is 0 Å². The molecule has 0 aromatic carbocycles. The third kappa shape index (κ3) is 2.95. The molecule has 0 spiro atoms. The lowest BCUT2D eigenvalue weighted by atomic mass is 10.2. The van der Waals surface area contributed by atoms with Crippen molar-refractivity contribution in [2.75, 3.05) is 24.6 Å². The van der Waals surface area contributed by atoms with E-state index >= 15 is 0 Å². The summed E-state index contributed by atoms with van der Waals surface area (Å²) in [5, 5.41) is 17.2. The fourth-order valence-corrected chi connectivity index (χ4v) is 1.92. The van der Waals surface area contributed by atoms with Gasteiger partial charge in [0.15, 0.2) is 11.9 Å². The Balaban J connectivity index is 2.04. The van der Waals surface area contributed by atoms with E-state index in [1.807, 2.05) is 17.0 Å². The van der Waals surface area contributed by atoms with E-state index in [1.165, 1.54) is 0 Å². The van der Waals surface area contributed by atoms with Gasteiger partial charge in [-0.2, -0.15) is 5.10 Å². The van der Waals surface area contributed by atoms with Gasteiger partial charge in [-0.25, -0.2) is 4.79 Å². The minimum atomic E-state index is -0.935. The molecule has 1 atom stereocenters. The van der Waals surface area contributed by atoms with Crippen LogP contribution in [0.2, 0.25) is 0 Å². The Labute approximate surface area is 106 Å². The Bertz CT molecular complexity index is 408. The zero-order chi connectivity index (χ0) is 13.0. The van der Waals surface area contributed by atoms with Crippen LogP contribution in [-0.4, -0.2) is 47.1 Å². The molecule has 0 aliphatic carbocycles. The molecule has 0 radical (unpaired) electrons. The lowest BCUT2D eigenvalue weighted by molar-refractivity contribution is -0.150. The Morgan fingerprint density at radius 1 is 1.56 bits per heavy atom. The van der Waals surface area contributed by atoms with E-state index < -0.39 is 12.1 Å². The first-order valence-corrected chi connectivity index (χ1v) is 6.12. The number of morpholine rings is 1. The number of aromatic nitrogens is 2. The topological polar surface area (TPSA) is 75.5 Å². The largest absolute Gasteiger partial charge is 0.479 e. The van der Waals surface area contributed by atoms with E-state index in [1.54, 1.807) is 0 Å². The van der Waals surface area contributed by atoms with Gasteiger partial charge < -0.3 is 14.7 Å². The van der Waals surface area contributed by atoms with Gasteiger partial charge in [-0.15, -0.1) is 5.10 Å². The molecule has 1 N–H and O–H groups in total. The number of hydrogen-bond donors (Lipinski definition) is 1. The number of anilines is 1. The van der Waals surface area contributed by atoms with Gasteiger partial charge in [0.2, 0.25) is 0 Å². The van der Waals surface area contributed by atoms with E-state index in [2.05, 4.69) is 17.1 Å². The monoisotopic (exact) mass is 251 g/mol. The molecule has 1 saturated heterocycles. The predicted molar refractivity (Wildman–Crippen MR) is 65.6 cm³/mol. The van der Waals surface area contributed by atoms with Crippen molar-refractivity contribution in [3.05, 3.63) is 17.8 Å². The average molecular weight is 251 g/mol. The molecule has 6 nitrogen and oxygen atoms in total. The van der Waals surface area contributed by atoms with Crippen molar-refractivity contribution in [1.82, 2.24) is 10.2 Å². The Kier molecular flexibility index (Phi) is 4.09. The fraction of sp³-hybridized carbons (Fsp3) is 0.583. The molecule has 1 fully saturated rings. The molecule has 1 aromatic rings. The van der Waals surface area contributed by atoms with Crippen molar-refractivity contribution in [3.63, 3.8) is 0 Å². The van der Waals surface area contributed by atoms with E-state index in [9.17, 15) is 4.79 Å². The smallest absolute Gasteiger partial charge is 0.334 e. The van der Waals surface area contributed by atoms with Crippen LogP contribution in [0.1, 0.15) is 19.0 Å². The number of carbonyl (C=O) groups is 1. The highest BCUT2D eigenvalue weighted by atomic mass is 16.5. The molecule has 0 saturated carbocycles. The van der Waals surface area contributed by atoms with Gasteiger partial charge in [-0.3, -0.25) is 0 Å². The maximum atomic E-state index is 10.9. The SMILES string of the molecule is CCCc1ccc(N2CCOC(C(=O)O)C2)nn1. The zero-order valence-electron chi connectivity index (χ0n) is 10.4. The van der Waals surface area contributed by atoms with Crippen LogP contribution in [0.3, 0.4) is 0 Å². The molecule has 0 bridgehead atoms. The normalized spacial score (nSPS) is 19.8. The van der Waals surface area contributed by atoms with Gasteiger partial charge in [0.25, 0.3) is 0 Å². The molecule has 98 valence electrons. The quantitative estimate of drug-likeness (QED) is 0.849. The lowest BCUT2D eigenvalue weighted by Crippen LogP contribution is -2.46. The first-order chi connectivity index (χ1) is 8.70. The number of nitrogens with zero attached hydrogens (tertiary/aromatic N) is 3. The van der Waals surface area contributed by atoms with Gasteiger partial charge in [-0.05, 0) is 18.6 Å². The summed E-state index contributed by atoms with van der Waals surface area (Å²) in [6.45, 7) is 3.45. The number of carboxylic acid groups (broad SMARTS) is 1. The number of aliphatic carboxylic acids is 1. The molecule has 2 heterocycles. The highest BCUT2D eigenvalue weighted by Gasteiger charge is 2.26. The second-order valence-electron chi connectivity index (χ2n) is 4.28. The number of ether oxygens (including phenoxy) is 1. The van der Waals surface area contributed by atoms with Gasteiger partial charge in [0, 0.05) is 6.54 Å². The molecule has 2 rings (SSSR count). The summed E-state index contributed by atoms with van der Waals surface area (Å²) in [5.41, 5.74) is 0.962. The second kappa shape index (κ2) is 5.77. The van der Waals surface area contributed by atoms with E-state index in [0.29, 0.717) is 25.5 Å². The highest BCUT2D eigenvalue weighted by molar-refractivity contribution is 5.73. The van der Waals surface area contributed by atoms with Gasteiger partial charge in [-0.1, -0.05) is 13.3 Å². The zero-order valence-corrected chi connectivity index (χ0v) is 10.4. The van der Waals surface area contributed by atoms with E-state index in [4.69, 9.17) is 9.84 Å². The van der Waals surface area contributed by atoms with Crippen LogP contribution < -0.4 is 4.90 Å². The number of carboxylic acids is 1. The van der Waals surface area contributed by atoms with Crippen LogP contribution in [0.4, 0.5) is 5.82 Å². The lowest BCUT2D eigenvalue weighted by Gasteiger charge is -2.31. The Morgan fingerprint density at radius 2 is 2.39 bits per heavy atom. The van der Waals surface area contributed by atoms with Crippen molar-refractivity contribution < 1.29 is 14.6 Å². The molecule has 1 aliphatic heterocycles. The van der Waals surface area contributed by atoms with Gasteiger partial charge in [0.1, 0.15) is 0 Å². The van der Waals surface area contributed by atoms with Crippen molar-refractivity contribution in [3.8, 4) is 0 Å². The molecule has 6 heteroatoms. The summed E-state index contributed by atoms with van der Waals surface area (Å²) in [4.78, 5) is 12.8. The first-order valence-electron chi connectivity index (χ1n) is 6.12. The van der Waals surface area contributed by atoms with Crippen molar-refractivity contribution >= 4 is 11.8 Å².